The number of nitrogens with zero attached hydrogens (tertiary/aromatic N) is 2. The average Bonchev–Trinajstić information content (AvgIpc) is 3.39. The lowest BCUT2D eigenvalue weighted by Gasteiger charge is -2.16. The Kier molecular flexibility index (Phi) is 9.80. The van der Waals surface area contributed by atoms with E-state index in [9.17, 15) is 29.4 Å². The largest absolute Gasteiger partial charge is 0.394 e. The number of nitrogens with one attached hydrogen (secondary N) is 2. The number of hydrogen-bond donors (Lipinski definition) is 7. The highest BCUT2D eigenvalue weighted by atomic mass is 31.2. The van der Waals surface area contributed by atoms with E-state index in [0.717, 1.165) is 15.2 Å². The quantitative estimate of drug-likeness (QED) is 0.103. The third-order valence-electron chi connectivity index (χ3n) is 5.03. The fraction of sp³-hybridized carbons (Fsp3) is 0.556. The number of aliphatic hydroxyl groups is 4. The van der Waals surface area contributed by atoms with E-state index in [1.54, 1.807) is 0 Å². The first-order valence-electron chi connectivity index (χ1n) is 10.4. The number of aromatic nitrogens is 4. The summed E-state index contributed by atoms with van der Waals surface area (Å²) in [6.07, 6.45) is -3.26. The number of ether oxygens (including phenoxy) is 2. The fourth-order valence-electron chi connectivity index (χ4n) is 3.40. The molecule has 2 fully saturated rings. The van der Waals surface area contributed by atoms with E-state index in [1.807, 2.05) is 4.98 Å². The molecule has 18 heteroatoms. The molecule has 4 heterocycles. The van der Waals surface area contributed by atoms with Crippen LogP contribution in [0.25, 0.3) is 0 Å². The topological polar surface area (TPSA) is 248 Å². The molecule has 0 spiro atoms. The summed E-state index contributed by atoms with van der Waals surface area (Å²) in [4.78, 5) is 62.6. The lowest BCUT2D eigenvalue weighted by atomic mass is 10.2. The third kappa shape index (κ3) is 7.01. The second-order valence-electron chi connectivity index (χ2n) is 7.59. The highest BCUT2D eigenvalue weighted by molar-refractivity contribution is 7.45. The van der Waals surface area contributed by atoms with Crippen LogP contribution in [0, 0.1) is 0 Å². The van der Waals surface area contributed by atoms with Crippen LogP contribution in [-0.4, -0.2) is 82.0 Å². The molecule has 2 aliphatic heterocycles. The zero-order valence-corrected chi connectivity index (χ0v) is 19.3. The van der Waals surface area contributed by atoms with Crippen molar-refractivity contribution in [2.45, 2.75) is 49.9 Å². The Labute approximate surface area is 201 Å². The number of rotatable bonds is 7. The van der Waals surface area contributed by atoms with E-state index in [2.05, 4.69) is 9.66 Å². The van der Waals surface area contributed by atoms with Gasteiger partial charge in [0.05, 0.1) is 12.7 Å². The summed E-state index contributed by atoms with van der Waals surface area (Å²) in [5.41, 5.74) is -2.45. The van der Waals surface area contributed by atoms with Crippen molar-refractivity contribution in [1.82, 2.24) is 19.1 Å². The predicted octanol–water partition coefficient (Wildman–Crippen LogP) is -3.48. The molecule has 17 nitrogen and oxygen atoms in total. The Hall–Kier alpha value is -2.57. The van der Waals surface area contributed by atoms with Gasteiger partial charge in [-0.3, -0.25) is 28.7 Å². The van der Waals surface area contributed by atoms with E-state index >= 15 is 0 Å². The molecule has 3 unspecified atom stereocenters. The monoisotopic (exact) mass is 536 g/mol. The maximum atomic E-state index is 11.6. The maximum Gasteiger partial charge on any atom is 0.330 e. The SMILES string of the molecule is O=c1ccn([C@@H]2O[C@H](CO)CC2O)c(=O)[nH]1.O=c1ccn([C@@H]2O[C@H](OOP(O)CO)CC2O)c(=O)[nH]1. The smallest absolute Gasteiger partial charge is 0.330 e. The number of aliphatic hydroxyl groups excluding tert-OH is 4. The van der Waals surface area contributed by atoms with Crippen molar-refractivity contribution < 1.29 is 44.4 Å². The Bertz CT molecular complexity index is 1230. The summed E-state index contributed by atoms with van der Waals surface area (Å²) in [7, 11) is -2.13. The van der Waals surface area contributed by atoms with Gasteiger partial charge in [-0.2, -0.15) is 9.56 Å². The summed E-state index contributed by atoms with van der Waals surface area (Å²) in [6, 6.07) is 2.28. The minimum atomic E-state index is -2.13. The van der Waals surface area contributed by atoms with Crippen molar-refractivity contribution in [2.24, 2.45) is 0 Å². The molecule has 0 saturated carbocycles. The second kappa shape index (κ2) is 12.6. The molecule has 2 saturated heterocycles. The van der Waals surface area contributed by atoms with E-state index < -0.39 is 74.3 Å². The van der Waals surface area contributed by atoms with E-state index in [1.165, 1.54) is 18.5 Å². The van der Waals surface area contributed by atoms with Gasteiger partial charge in [0.15, 0.2) is 18.7 Å². The number of aromatic amines is 2. The summed E-state index contributed by atoms with van der Waals surface area (Å²) in [5, 5.41) is 36.9. The van der Waals surface area contributed by atoms with Crippen molar-refractivity contribution in [2.75, 3.05) is 13.0 Å². The van der Waals surface area contributed by atoms with Gasteiger partial charge in [-0.05, 0) is 0 Å². The van der Waals surface area contributed by atoms with Crippen LogP contribution < -0.4 is 22.5 Å². The van der Waals surface area contributed by atoms with Gasteiger partial charge in [0.1, 0.15) is 18.6 Å². The van der Waals surface area contributed by atoms with Crippen LogP contribution in [0.5, 0.6) is 0 Å². The zero-order valence-electron chi connectivity index (χ0n) is 18.4. The van der Waals surface area contributed by atoms with Crippen LogP contribution in [-0.2, 0) is 19.0 Å². The molecular formula is C18H25N4O13P. The van der Waals surface area contributed by atoms with Crippen molar-refractivity contribution in [1.29, 1.82) is 0 Å². The Balaban J connectivity index is 0.000000205. The minimum absolute atomic E-state index is 0.00909. The Morgan fingerprint density at radius 2 is 1.44 bits per heavy atom. The van der Waals surface area contributed by atoms with Crippen LogP contribution in [0.1, 0.15) is 25.3 Å². The van der Waals surface area contributed by atoms with E-state index in [-0.39, 0.29) is 19.4 Å². The van der Waals surface area contributed by atoms with Crippen molar-refractivity contribution in [3.8, 4) is 0 Å². The van der Waals surface area contributed by atoms with E-state index in [0.29, 0.717) is 0 Å². The van der Waals surface area contributed by atoms with Gasteiger partial charge >= 0.3 is 11.4 Å². The van der Waals surface area contributed by atoms with Crippen molar-refractivity contribution >= 4 is 8.38 Å². The molecule has 7 N–H and O–H groups in total. The predicted molar refractivity (Wildman–Crippen MR) is 117 cm³/mol. The second-order valence-corrected chi connectivity index (χ2v) is 8.73. The molecule has 0 bridgehead atoms. The molecule has 2 aliphatic rings. The first kappa shape index (κ1) is 28.0. The lowest BCUT2D eigenvalue weighted by molar-refractivity contribution is -0.318. The molecule has 0 amide bonds. The first-order valence-corrected chi connectivity index (χ1v) is 11.8. The maximum absolute atomic E-state index is 11.6. The Morgan fingerprint density at radius 1 is 0.917 bits per heavy atom. The Morgan fingerprint density at radius 3 is 1.92 bits per heavy atom. The summed E-state index contributed by atoms with van der Waals surface area (Å²) < 4.78 is 17.1. The number of hydrogen-bond acceptors (Lipinski definition) is 13. The van der Waals surface area contributed by atoms with Crippen molar-refractivity contribution in [3.63, 3.8) is 0 Å². The fourth-order valence-corrected chi connectivity index (χ4v) is 3.65. The molecule has 0 radical (unpaired) electrons. The van der Waals surface area contributed by atoms with Gasteiger partial charge in [0, 0.05) is 37.4 Å². The molecule has 0 aliphatic carbocycles. The van der Waals surface area contributed by atoms with E-state index in [4.69, 9.17) is 29.5 Å². The van der Waals surface area contributed by atoms with Gasteiger partial charge in [0.2, 0.25) is 8.38 Å². The summed E-state index contributed by atoms with van der Waals surface area (Å²) in [5.74, 6) is 0. The van der Waals surface area contributed by atoms with Gasteiger partial charge in [-0.1, -0.05) is 0 Å². The average molecular weight is 536 g/mol. The third-order valence-corrected chi connectivity index (χ3v) is 5.53. The molecule has 200 valence electrons. The van der Waals surface area contributed by atoms with Crippen LogP contribution in [0.3, 0.4) is 0 Å². The molecule has 0 aromatic carbocycles. The number of H-pyrrole nitrogens is 2. The molecule has 36 heavy (non-hydrogen) atoms. The van der Waals surface area contributed by atoms with Crippen LogP contribution in [0.15, 0.2) is 43.7 Å². The van der Waals surface area contributed by atoms with Crippen LogP contribution in [0.2, 0.25) is 0 Å². The van der Waals surface area contributed by atoms with Crippen LogP contribution >= 0.6 is 8.38 Å². The molecular weight excluding hydrogens is 511 g/mol. The molecule has 7 atom stereocenters. The first-order chi connectivity index (χ1) is 17.1. The van der Waals surface area contributed by atoms with Crippen molar-refractivity contribution in [3.05, 3.63) is 66.2 Å². The molecule has 2 aromatic rings. The summed E-state index contributed by atoms with van der Waals surface area (Å²) in [6.45, 7) is -0.217. The molecule has 4 rings (SSSR count). The van der Waals surface area contributed by atoms with Crippen LogP contribution in [0.4, 0.5) is 0 Å². The minimum Gasteiger partial charge on any atom is -0.394 e. The zero-order chi connectivity index (χ0) is 26.4. The van der Waals surface area contributed by atoms with Gasteiger partial charge in [-0.25, -0.2) is 9.59 Å². The molecule has 2 aromatic heterocycles. The highest BCUT2D eigenvalue weighted by Crippen LogP contribution is 2.34. The van der Waals surface area contributed by atoms with Gasteiger partial charge in [-0.15, -0.1) is 0 Å². The standard InChI is InChI=1S/C9H13N2O8P.C9H12N2O5/c12-4-20(16)19-18-7-3-5(13)8(17-7)11-2-1-6(14)10-9(11)15;12-4-5-3-6(13)8(16-5)11-2-1-7(14)10-9(11)15/h1-2,5,7-8,12-13,16H,3-4H2,(H,10,14,15);1-2,5-6,8,12-13H,3-4H2,(H,10,14,15)/t5?,7-,8-,20?;5-,6?,8+/m10/s1. The summed E-state index contributed by atoms with van der Waals surface area (Å²) >= 11 is 0. The van der Waals surface area contributed by atoms with Gasteiger partial charge < -0.3 is 34.8 Å². The normalized spacial score (nSPS) is 28.5. The van der Waals surface area contributed by atoms with Gasteiger partial charge in [0.25, 0.3) is 11.1 Å². The lowest BCUT2D eigenvalue weighted by Crippen LogP contribution is -2.34. The highest BCUT2D eigenvalue weighted by Gasteiger charge is 2.38.